The second kappa shape index (κ2) is 6.84. The molecular weight excluding hydrogens is 316 g/mol. The van der Waals surface area contributed by atoms with E-state index < -0.39 is 0 Å². The average molecular weight is 327 g/mol. The molecule has 0 amide bonds. The number of halogens is 1. The number of rotatable bonds is 3. The topological polar surface area (TPSA) is 20.2 Å². The first kappa shape index (κ1) is 12.4. The molecule has 12 heavy (non-hydrogen) atoms. The standard InChI is InChI=1S/C9H11O.HI.Zn/c1-2-3-8-4-6-9(10)7-5-8;;/h4-7,10H,1-3H2;1H;/q;;+1/p-1. The van der Waals surface area contributed by atoms with Gasteiger partial charge in [0.25, 0.3) is 0 Å². The zero-order valence-electron chi connectivity index (χ0n) is 6.96. The van der Waals surface area contributed by atoms with E-state index in [1.54, 1.807) is 12.1 Å². The third kappa shape index (κ3) is 4.41. The van der Waals surface area contributed by atoms with E-state index in [2.05, 4.69) is 0 Å². The van der Waals surface area contributed by atoms with E-state index in [1.807, 2.05) is 12.1 Å². The quantitative estimate of drug-likeness (QED) is 0.575. The van der Waals surface area contributed by atoms with Crippen LogP contribution in [0.4, 0.5) is 0 Å². The fourth-order valence-corrected chi connectivity index (χ4v) is 1.52. The summed E-state index contributed by atoms with van der Waals surface area (Å²) in [4.78, 5) is 0. The van der Waals surface area contributed by atoms with Crippen LogP contribution in [0.15, 0.2) is 24.3 Å². The van der Waals surface area contributed by atoms with Gasteiger partial charge < -0.3 is 24.0 Å². The Morgan fingerprint density at radius 3 is 2.25 bits per heavy atom. The molecule has 1 rings (SSSR count). The molecule has 0 aliphatic heterocycles. The third-order valence-corrected chi connectivity index (χ3v) is 2.70. The Bertz CT molecular complexity index is 210. The molecule has 0 atom stereocenters. The van der Waals surface area contributed by atoms with E-state index >= 15 is 0 Å². The minimum atomic E-state index is 0. The summed E-state index contributed by atoms with van der Waals surface area (Å²) in [5.41, 5.74) is 1.33. The second-order valence-electron chi connectivity index (χ2n) is 2.62. The van der Waals surface area contributed by atoms with Crippen molar-refractivity contribution in [3.05, 3.63) is 29.8 Å². The maximum absolute atomic E-state index is 8.99. The predicted molar refractivity (Wildman–Crippen MR) is 41.2 cm³/mol. The molecule has 1 aromatic rings. The molecule has 0 aliphatic rings. The molecule has 0 spiro atoms. The van der Waals surface area contributed by atoms with Crippen molar-refractivity contribution >= 4 is 0 Å². The van der Waals surface area contributed by atoms with Gasteiger partial charge in [0.05, 0.1) is 0 Å². The van der Waals surface area contributed by atoms with E-state index in [4.69, 9.17) is 5.11 Å². The van der Waals surface area contributed by atoms with E-state index in [-0.39, 0.29) is 24.0 Å². The summed E-state index contributed by atoms with van der Waals surface area (Å²) in [5.74, 6) is 0.360. The molecular formula is C9H11IOZn. The maximum Gasteiger partial charge on any atom is -1.00 e. The minimum absolute atomic E-state index is 0. The van der Waals surface area contributed by atoms with Crippen LogP contribution in [0, 0.1) is 0 Å². The first-order valence-electron chi connectivity index (χ1n) is 3.90. The fourth-order valence-electron chi connectivity index (χ4n) is 0.992. The third-order valence-electron chi connectivity index (χ3n) is 1.65. The molecule has 0 fully saturated rings. The van der Waals surface area contributed by atoms with E-state index in [0.29, 0.717) is 5.75 Å². The van der Waals surface area contributed by atoms with Crippen LogP contribution in [0.25, 0.3) is 0 Å². The van der Waals surface area contributed by atoms with Crippen molar-refractivity contribution in [3.8, 4) is 5.75 Å². The van der Waals surface area contributed by atoms with Crippen molar-refractivity contribution in [1.82, 2.24) is 0 Å². The predicted octanol–water partition coefficient (Wildman–Crippen LogP) is -0.706. The van der Waals surface area contributed by atoms with Crippen molar-refractivity contribution in [2.45, 2.75) is 17.9 Å². The normalized spacial score (nSPS) is 9.17. The van der Waals surface area contributed by atoms with Crippen molar-refractivity contribution in [3.63, 3.8) is 0 Å². The molecule has 1 nitrogen and oxygen atoms in total. The van der Waals surface area contributed by atoms with Crippen LogP contribution in [-0.4, -0.2) is 5.11 Å². The van der Waals surface area contributed by atoms with Gasteiger partial charge in [0.1, 0.15) is 0 Å². The average Bonchev–Trinajstić information content (AvgIpc) is 2.04. The zero-order chi connectivity index (χ0) is 8.10. The fraction of sp³-hybridized carbons (Fsp3) is 0.333. The molecule has 0 heterocycles. The number of hydrogen-bond acceptors (Lipinski definition) is 1. The second-order valence-corrected chi connectivity index (χ2v) is 4.11. The van der Waals surface area contributed by atoms with Crippen molar-refractivity contribution < 1.29 is 47.4 Å². The molecule has 0 aliphatic carbocycles. The number of aryl methyl sites for hydroxylation is 1. The smallest absolute Gasteiger partial charge is 1.00 e. The summed E-state index contributed by atoms with van der Waals surface area (Å²) in [5, 5.41) is 10.3. The van der Waals surface area contributed by atoms with E-state index in [9.17, 15) is 0 Å². The van der Waals surface area contributed by atoms with Gasteiger partial charge in [-0.15, -0.1) is 0 Å². The number of phenols is 1. The Kier molecular flexibility index (Phi) is 7.06. The first-order chi connectivity index (χ1) is 5.33. The van der Waals surface area contributed by atoms with Gasteiger partial charge in [-0.2, -0.15) is 0 Å². The first-order valence-corrected chi connectivity index (χ1v) is 6.00. The van der Waals surface area contributed by atoms with Crippen LogP contribution < -0.4 is 24.0 Å². The van der Waals surface area contributed by atoms with Crippen LogP contribution in [-0.2, 0) is 24.7 Å². The maximum atomic E-state index is 8.99. The van der Waals surface area contributed by atoms with Gasteiger partial charge in [-0.3, -0.25) is 0 Å². The van der Waals surface area contributed by atoms with Gasteiger partial charge in [-0.05, 0) is 0 Å². The van der Waals surface area contributed by atoms with Gasteiger partial charge in [0.2, 0.25) is 0 Å². The molecule has 0 radical (unpaired) electrons. The Hall–Kier alpha value is 0.373. The Balaban J connectivity index is 0.00000121. The van der Waals surface area contributed by atoms with Crippen LogP contribution in [0.1, 0.15) is 12.0 Å². The Labute approximate surface area is 100 Å². The summed E-state index contributed by atoms with van der Waals surface area (Å²) in [7, 11) is 0. The van der Waals surface area contributed by atoms with Crippen molar-refractivity contribution in [2.75, 3.05) is 0 Å². The Morgan fingerprint density at radius 1 is 1.17 bits per heavy atom. The molecule has 1 N–H and O–H groups in total. The molecule has 0 aromatic heterocycles. The summed E-state index contributed by atoms with van der Waals surface area (Å²) < 4.78 is 0. The van der Waals surface area contributed by atoms with Crippen molar-refractivity contribution in [2.24, 2.45) is 0 Å². The van der Waals surface area contributed by atoms with E-state index in [0.717, 1.165) is 6.42 Å². The Morgan fingerprint density at radius 2 is 1.75 bits per heavy atom. The van der Waals surface area contributed by atoms with Gasteiger partial charge in [0.15, 0.2) is 0 Å². The summed E-state index contributed by atoms with van der Waals surface area (Å²) in [6.07, 6.45) is 2.44. The van der Waals surface area contributed by atoms with E-state index in [1.165, 1.54) is 35.3 Å². The van der Waals surface area contributed by atoms with Crippen LogP contribution in [0.5, 0.6) is 5.75 Å². The molecule has 0 saturated carbocycles. The van der Waals surface area contributed by atoms with Crippen LogP contribution >= 0.6 is 0 Å². The SMILES string of the molecule is Oc1ccc(CC[CH2][Zn+])cc1.[I-]. The summed E-state index contributed by atoms with van der Waals surface area (Å²) in [6, 6.07) is 7.48. The molecule has 62 valence electrons. The number of aromatic hydroxyl groups is 1. The van der Waals surface area contributed by atoms with Gasteiger partial charge >= 0.3 is 76.8 Å². The summed E-state index contributed by atoms with van der Waals surface area (Å²) >= 11 is 1.39. The number of hydrogen-bond donors (Lipinski definition) is 1. The minimum Gasteiger partial charge on any atom is -1.00 e. The van der Waals surface area contributed by atoms with Gasteiger partial charge in [0, 0.05) is 0 Å². The largest absolute Gasteiger partial charge is 1.00 e. The molecule has 3 heteroatoms. The van der Waals surface area contributed by atoms with Gasteiger partial charge in [-0.1, -0.05) is 0 Å². The van der Waals surface area contributed by atoms with Crippen molar-refractivity contribution in [1.29, 1.82) is 0 Å². The van der Waals surface area contributed by atoms with Crippen LogP contribution in [0.2, 0.25) is 5.02 Å². The zero-order valence-corrected chi connectivity index (χ0v) is 12.1. The molecule has 0 unspecified atom stereocenters. The molecule has 0 saturated heterocycles. The van der Waals surface area contributed by atoms with Gasteiger partial charge in [-0.25, -0.2) is 0 Å². The number of benzene rings is 1. The molecule has 1 aromatic carbocycles. The monoisotopic (exact) mass is 326 g/mol. The van der Waals surface area contributed by atoms with Crippen LogP contribution in [0.3, 0.4) is 0 Å². The number of phenolic OH excluding ortho intramolecular Hbond substituents is 1. The molecule has 0 bridgehead atoms. The summed E-state index contributed by atoms with van der Waals surface area (Å²) in [6.45, 7) is 0.